The van der Waals surface area contributed by atoms with Gasteiger partial charge in [0, 0.05) is 0 Å². The lowest BCUT2D eigenvalue weighted by molar-refractivity contribution is -0.118. The topological polar surface area (TPSA) is 92.6 Å². The fourth-order valence-corrected chi connectivity index (χ4v) is 2.28. The number of ether oxygens (including phenoxy) is 1. The van der Waals surface area contributed by atoms with Gasteiger partial charge < -0.3 is 25.1 Å². The first-order chi connectivity index (χ1) is 11.1. The van der Waals surface area contributed by atoms with Gasteiger partial charge in [-0.05, 0) is 36.8 Å². The van der Waals surface area contributed by atoms with E-state index >= 15 is 0 Å². The van der Waals surface area contributed by atoms with Crippen molar-refractivity contribution >= 4 is 17.6 Å². The number of furan rings is 1. The fraction of sp³-hybridized carbons (Fsp3) is 0.250. The number of fused-ring (bicyclic) bond motifs is 1. The second-order valence-corrected chi connectivity index (χ2v) is 5.22. The predicted octanol–water partition coefficient (Wildman–Crippen LogP) is 2.17. The number of amides is 3. The van der Waals surface area contributed by atoms with Crippen molar-refractivity contribution in [3.8, 4) is 5.75 Å². The molecule has 2 heterocycles. The van der Waals surface area contributed by atoms with E-state index in [1.165, 1.54) is 0 Å². The van der Waals surface area contributed by atoms with E-state index < -0.39 is 0 Å². The standard InChI is InChI=1S/C16H17N3O4/c1-10(18-16(21)17-8-12-3-2-6-22-12)11-4-5-14-13(7-11)19-15(20)9-23-14/h2-7,10H,8-9H2,1H3,(H,19,20)(H2,17,18,21). The monoisotopic (exact) mass is 315 g/mol. The summed E-state index contributed by atoms with van der Waals surface area (Å²) in [6, 6.07) is 8.46. The molecule has 0 radical (unpaired) electrons. The van der Waals surface area contributed by atoms with Crippen LogP contribution in [-0.2, 0) is 11.3 Å². The van der Waals surface area contributed by atoms with Crippen LogP contribution in [0.4, 0.5) is 10.5 Å². The van der Waals surface area contributed by atoms with Crippen molar-refractivity contribution in [2.75, 3.05) is 11.9 Å². The number of carbonyl (C=O) groups is 2. The molecule has 3 rings (SSSR count). The molecule has 0 saturated carbocycles. The maximum atomic E-state index is 11.9. The quantitative estimate of drug-likeness (QED) is 0.806. The predicted molar refractivity (Wildman–Crippen MR) is 83.1 cm³/mol. The van der Waals surface area contributed by atoms with Crippen molar-refractivity contribution in [1.82, 2.24) is 10.6 Å². The molecule has 1 atom stereocenters. The molecule has 1 aromatic heterocycles. The Kier molecular flexibility index (Phi) is 4.18. The average molecular weight is 315 g/mol. The van der Waals surface area contributed by atoms with Gasteiger partial charge in [0.05, 0.1) is 24.5 Å². The van der Waals surface area contributed by atoms with Gasteiger partial charge in [0.1, 0.15) is 11.5 Å². The van der Waals surface area contributed by atoms with Crippen LogP contribution in [0.1, 0.15) is 24.3 Å². The van der Waals surface area contributed by atoms with E-state index in [9.17, 15) is 9.59 Å². The Balaban J connectivity index is 1.59. The van der Waals surface area contributed by atoms with Crippen molar-refractivity contribution in [2.24, 2.45) is 0 Å². The molecular weight excluding hydrogens is 298 g/mol. The Bertz CT molecular complexity index is 712. The SMILES string of the molecule is CC(NC(=O)NCc1ccco1)c1ccc2c(c1)NC(=O)CO2. The highest BCUT2D eigenvalue weighted by Gasteiger charge is 2.18. The third-order valence-corrected chi connectivity index (χ3v) is 3.49. The zero-order valence-corrected chi connectivity index (χ0v) is 12.6. The van der Waals surface area contributed by atoms with E-state index in [4.69, 9.17) is 9.15 Å². The van der Waals surface area contributed by atoms with Crippen LogP contribution >= 0.6 is 0 Å². The molecule has 0 bridgehead atoms. The maximum absolute atomic E-state index is 11.9. The lowest BCUT2D eigenvalue weighted by Gasteiger charge is -2.21. The fourth-order valence-electron chi connectivity index (χ4n) is 2.28. The third-order valence-electron chi connectivity index (χ3n) is 3.49. The van der Waals surface area contributed by atoms with Crippen LogP contribution in [0, 0.1) is 0 Å². The molecule has 7 heteroatoms. The van der Waals surface area contributed by atoms with E-state index in [1.54, 1.807) is 30.5 Å². The van der Waals surface area contributed by atoms with Gasteiger partial charge in [-0.1, -0.05) is 6.07 Å². The lowest BCUT2D eigenvalue weighted by Crippen LogP contribution is -2.36. The molecule has 1 unspecified atom stereocenters. The summed E-state index contributed by atoms with van der Waals surface area (Å²) in [5, 5.41) is 8.30. The highest BCUT2D eigenvalue weighted by molar-refractivity contribution is 5.95. The molecular formula is C16H17N3O4. The van der Waals surface area contributed by atoms with Gasteiger partial charge in [0.2, 0.25) is 0 Å². The number of hydrogen-bond donors (Lipinski definition) is 3. The van der Waals surface area contributed by atoms with Gasteiger partial charge in [-0.15, -0.1) is 0 Å². The molecule has 1 aromatic carbocycles. The molecule has 2 aromatic rings. The highest BCUT2D eigenvalue weighted by Crippen LogP contribution is 2.30. The molecule has 120 valence electrons. The average Bonchev–Trinajstić information content (AvgIpc) is 3.05. The van der Waals surface area contributed by atoms with Gasteiger partial charge in [-0.3, -0.25) is 4.79 Å². The molecule has 0 spiro atoms. The smallest absolute Gasteiger partial charge is 0.315 e. The minimum Gasteiger partial charge on any atom is -0.482 e. The normalized spacial score (nSPS) is 14.2. The summed E-state index contributed by atoms with van der Waals surface area (Å²) >= 11 is 0. The van der Waals surface area contributed by atoms with Crippen LogP contribution in [0.2, 0.25) is 0 Å². The van der Waals surface area contributed by atoms with E-state index in [-0.39, 0.29) is 24.6 Å². The van der Waals surface area contributed by atoms with Crippen LogP contribution in [-0.4, -0.2) is 18.5 Å². The Labute approximate surface area is 133 Å². The number of rotatable bonds is 4. The first kappa shape index (κ1) is 15.0. The lowest BCUT2D eigenvalue weighted by atomic mass is 10.1. The number of carbonyl (C=O) groups excluding carboxylic acids is 2. The molecule has 1 aliphatic heterocycles. The summed E-state index contributed by atoms with van der Waals surface area (Å²) in [6.45, 7) is 2.20. The Morgan fingerprint density at radius 1 is 1.39 bits per heavy atom. The second-order valence-electron chi connectivity index (χ2n) is 5.22. The van der Waals surface area contributed by atoms with Gasteiger partial charge in [-0.25, -0.2) is 4.79 Å². The van der Waals surface area contributed by atoms with Crippen molar-refractivity contribution in [2.45, 2.75) is 19.5 Å². The maximum Gasteiger partial charge on any atom is 0.315 e. The molecule has 0 aliphatic carbocycles. The number of hydrogen-bond acceptors (Lipinski definition) is 4. The van der Waals surface area contributed by atoms with Crippen molar-refractivity contribution in [3.05, 3.63) is 47.9 Å². The van der Waals surface area contributed by atoms with E-state index in [0.29, 0.717) is 23.7 Å². The van der Waals surface area contributed by atoms with Gasteiger partial charge in [0.25, 0.3) is 5.91 Å². The third kappa shape index (κ3) is 3.63. The first-order valence-corrected chi connectivity index (χ1v) is 7.25. The summed E-state index contributed by atoms with van der Waals surface area (Å²) in [4.78, 5) is 23.3. The van der Waals surface area contributed by atoms with Crippen LogP contribution in [0.5, 0.6) is 5.75 Å². The summed E-state index contributed by atoms with van der Waals surface area (Å²) in [6.07, 6.45) is 1.56. The molecule has 1 aliphatic rings. The summed E-state index contributed by atoms with van der Waals surface area (Å²) in [5.74, 6) is 1.12. The Morgan fingerprint density at radius 3 is 3.04 bits per heavy atom. The van der Waals surface area contributed by atoms with E-state index in [1.807, 2.05) is 13.0 Å². The molecule has 0 fully saturated rings. The van der Waals surface area contributed by atoms with Crippen LogP contribution in [0.25, 0.3) is 0 Å². The zero-order chi connectivity index (χ0) is 16.2. The number of urea groups is 1. The van der Waals surface area contributed by atoms with Crippen molar-refractivity contribution in [1.29, 1.82) is 0 Å². The number of nitrogens with one attached hydrogen (secondary N) is 3. The minimum atomic E-state index is -0.299. The summed E-state index contributed by atoms with van der Waals surface area (Å²) in [7, 11) is 0. The molecule has 0 saturated heterocycles. The molecule has 7 nitrogen and oxygen atoms in total. The van der Waals surface area contributed by atoms with Gasteiger partial charge >= 0.3 is 6.03 Å². The van der Waals surface area contributed by atoms with Crippen LogP contribution in [0.15, 0.2) is 41.0 Å². The molecule has 23 heavy (non-hydrogen) atoms. The highest BCUT2D eigenvalue weighted by atomic mass is 16.5. The minimum absolute atomic E-state index is 0.0232. The van der Waals surface area contributed by atoms with E-state index in [0.717, 1.165) is 5.56 Å². The zero-order valence-electron chi connectivity index (χ0n) is 12.6. The van der Waals surface area contributed by atoms with Gasteiger partial charge in [-0.2, -0.15) is 0 Å². The van der Waals surface area contributed by atoms with Crippen LogP contribution in [0.3, 0.4) is 0 Å². The molecule has 3 N–H and O–H groups in total. The number of benzene rings is 1. The second kappa shape index (κ2) is 6.43. The Morgan fingerprint density at radius 2 is 2.26 bits per heavy atom. The number of anilines is 1. The van der Waals surface area contributed by atoms with E-state index in [2.05, 4.69) is 16.0 Å². The largest absolute Gasteiger partial charge is 0.482 e. The summed E-state index contributed by atoms with van der Waals surface area (Å²) in [5.41, 5.74) is 1.48. The molecule has 3 amide bonds. The van der Waals surface area contributed by atoms with Gasteiger partial charge in [0.15, 0.2) is 6.61 Å². The Hall–Kier alpha value is -2.96. The van der Waals surface area contributed by atoms with Crippen LogP contribution < -0.4 is 20.7 Å². The summed E-state index contributed by atoms with van der Waals surface area (Å²) < 4.78 is 10.5. The van der Waals surface area contributed by atoms with Crippen molar-refractivity contribution in [3.63, 3.8) is 0 Å². The first-order valence-electron chi connectivity index (χ1n) is 7.25. The van der Waals surface area contributed by atoms with Crippen molar-refractivity contribution < 1.29 is 18.7 Å².